The first-order chi connectivity index (χ1) is 17.7. The summed E-state index contributed by atoms with van der Waals surface area (Å²) < 4.78 is 57.2. The minimum Gasteiger partial charge on any atom is -0.453 e. The molecule has 0 aliphatic heterocycles. The van der Waals surface area contributed by atoms with Crippen molar-refractivity contribution in [2.24, 2.45) is 0 Å². The average Bonchev–Trinajstić information content (AvgIpc) is 3.27. The molecule has 37 heavy (non-hydrogen) atoms. The summed E-state index contributed by atoms with van der Waals surface area (Å²) in [5.74, 6) is -0.827. The molecule has 8 nitrogen and oxygen atoms in total. The molecule has 206 valence electrons. The van der Waals surface area contributed by atoms with Gasteiger partial charge in [-0.2, -0.15) is 5.26 Å². The highest BCUT2D eigenvalue weighted by Gasteiger charge is 2.23. The van der Waals surface area contributed by atoms with Crippen molar-refractivity contribution in [2.45, 2.75) is 108 Å². The van der Waals surface area contributed by atoms with Gasteiger partial charge in [0.25, 0.3) is 10.0 Å². The Hall–Kier alpha value is -2.22. The summed E-state index contributed by atoms with van der Waals surface area (Å²) in [6.07, 6.45) is 15.6. The number of fused-ring (bicyclic) bond motifs is 1. The van der Waals surface area contributed by atoms with Crippen LogP contribution < -0.4 is 4.13 Å². The first kappa shape index (κ1) is 31.0. The molecule has 1 aromatic heterocycles. The van der Waals surface area contributed by atoms with Crippen molar-refractivity contribution in [2.75, 3.05) is 5.75 Å². The summed E-state index contributed by atoms with van der Waals surface area (Å²) in [6.45, 7) is 2.23. The summed E-state index contributed by atoms with van der Waals surface area (Å²) >= 11 is 0. The Morgan fingerprint density at radius 1 is 0.838 bits per heavy atom. The van der Waals surface area contributed by atoms with Gasteiger partial charge in [0.15, 0.2) is 5.76 Å². The fourth-order valence-electron chi connectivity index (χ4n) is 4.23. The number of nitriles is 1. The number of rotatable bonds is 20. The molecule has 2 rings (SSSR count). The van der Waals surface area contributed by atoms with Crippen molar-refractivity contribution in [3.8, 4) is 6.07 Å². The van der Waals surface area contributed by atoms with Crippen molar-refractivity contribution < 1.29 is 26.0 Å². The third kappa shape index (κ3) is 11.4. The van der Waals surface area contributed by atoms with Gasteiger partial charge in [0.1, 0.15) is 12.0 Å². The molecule has 2 aromatic rings. The van der Waals surface area contributed by atoms with Crippen LogP contribution in [-0.4, -0.2) is 28.4 Å². The number of unbranched alkanes of at least 4 members (excludes halogenated alkanes) is 13. The number of carbonyl (C=O) groups excluding carboxylic acids is 1. The minimum absolute atomic E-state index is 0.0514. The Labute approximate surface area is 221 Å². The van der Waals surface area contributed by atoms with E-state index < -0.39 is 25.8 Å². The zero-order chi connectivity index (χ0) is 27.2. The number of carbonyl (C=O) groups is 1. The topological polar surface area (TPSA) is 134 Å². The fourth-order valence-corrected chi connectivity index (χ4v) is 7.40. The Morgan fingerprint density at radius 3 is 1.92 bits per heavy atom. The number of benzene rings is 1. The van der Waals surface area contributed by atoms with Crippen LogP contribution in [-0.2, 0) is 20.0 Å². The van der Waals surface area contributed by atoms with Crippen LogP contribution in [0.15, 0.2) is 33.6 Å². The number of hydrogen-bond donors (Lipinski definition) is 1. The van der Waals surface area contributed by atoms with Gasteiger partial charge in [0, 0.05) is 5.39 Å². The number of furan rings is 1. The summed E-state index contributed by atoms with van der Waals surface area (Å²) in [4.78, 5) is 11.6. The van der Waals surface area contributed by atoms with Crippen LogP contribution in [0.25, 0.3) is 11.0 Å². The molecule has 0 aliphatic rings. The van der Waals surface area contributed by atoms with E-state index in [-0.39, 0.29) is 28.4 Å². The lowest BCUT2D eigenvalue weighted by atomic mass is 10.0. The number of nitrogens with one attached hydrogen (secondary N) is 1. The van der Waals surface area contributed by atoms with Crippen LogP contribution >= 0.6 is 0 Å². The number of hydrogen-bond acceptors (Lipinski definition) is 7. The van der Waals surface area contributed by atoms with Gasteiger partial charge in [-0.15, -0.1) is 4.13 Å². The van der Waals surface area contributed by atoms with Crippen LogP contribution in [0.5, 0.6) is 0 Å². The highest BCUT2D eigenvalue weighted by Crippen LogP contribution is 2.24. The zero-order valence-electron chi connectivity index (χ0n) is 21.8. The first-order valence-corrected chi connectivity index (χ1v) is 16.5. The summed E-state index contributed by atoms with van der Waals surface area (Å²) in [5, 5.41) is 8.98. The van der Waals surface area contributed by atoms with Crippen LogP contribution in [0.1, 0.15) is 114 Å². The third-order valence-corrected chi connectivity index (χ3v) is 9.91. The van der Waals surface area contributed by atoms with Gasteiger partial charge < -0.3 is 4.42 Å². The molecular weight excluding hydrogens is 512 g/mol. The highest BCUT2D eigenvalue weighted by molar-refractivity contribution is 8.04. The van der Waals surface area contributed by atoms with Crippen LogP contribution in [0.2, 0.25) is 0 Å². The average molecular weight is 553 g/mol. The van der Waals surface area contributed by atoms with Crippen molar-refractivity contribution in [3.05, 3.63) is 30.0 Å². The number of sulfonamides is 2. The molecule has 0 radical (unpaired) electrons. The van der Waals surface area contributed by atoms with Crippen molar-refractivity contribution in [1.29, 1.82) is 5.26 Å². The van der Waals surface area contributed by atoms with Crippen molar-refractivity contribution in [1.82, 2.24) is 4.13 Å². The molecule has 0 amide bonds. The maximum atomic E-state index is 12.7. The molecule has 1 heterocycles. The van der Waals surface area contributed by atoms with Gasteiger partial charge >= 0.3 is 0 Å². The maximum absolute atomic E-state index is 12.7. The lowest BCUT2D eigenvalue weighted by Crippen LogP contribution is -2.32. The van der Waals surface area contributed by atoms with Gasteiger partial charge in [0.05, 0.1) is 16.7 Å². The molecule has 0 fully saturated rings. The van der Waals surface area contributed by atoms with E-state index in [0.29, 0.717) is 11.8 Å². The molecule has 0 bridgehead atoms. The predicted octanol–water partition coefficient (Wildman–Crippen LogP) is 6.62. The Balaban J connectivity index is 1.69. The summed E-state index contributed by atoms with van der Waals surface area (Å²) in [6, 6.07) is 6.89. The quantitative estimate of drug-likeness (QED) is 0.144. The molecule has 10 heteroatoms. The minimum atomic E-state index is -4.32. The van der Waals surface area contributed by atoms with Crippen molar-refractivity contribution in [3.63, 3.8) is 0 Å². The standard InChI is InChI=1S/C27H40N2O6S2/c1-2-3-4-5-6-7-8-9-10-11-12-13-14-15-20-36(31,32)29-37(33,34)24-16-17-26-23(21-24)22-27(35-26)25(30)18-19-28/h16-17,21-22,29H,2-15,18,20H2,1H3. The fraction of sp³-hybridized carbons (Fsp3) is 0.630. The Kier molecular flexibility index (Phi) is 13.3. The van der Waals surface area contributed by atoms with Crippen LogP contribution in [0.4, 0.5) is 0 Å². The van der Waals surface area contributed by atoms with Crippen molar-refractivity contribution >= 4 is 36.8 Å². The first-order valence-electron chi connectivity index (χ1n) is 13.4. The van der Waals surface area contributed by atoms with E-state index in [2.05, 4.69) is 6.92 Å². The van der Waals surface area contributed by atoms with Gasteiger partial charge in [-0.1, -0.05) is 90.4 Å². The molecule has 1 aromatic carbocycles. The predicted molar refractivity (Wildman–Crippen MR) is 145 cm³/mol. The Morgan fingerprint density at radius 2 is 1.38 bits per heavy atom. The second kappa shape index (κ2) is 15.9. The zero-order valence-corrected chi connectivity index (χ0v) is 23.5. The SMILES string of the molecule is CCCCCCCCCCCCCCCCS(=O)(=O)NS(=O)(=O)c1ccc2oc(C(=O)CC#N)cc2c1. The normalized spacial score (nSPS) is 12.1. The van der Waals surface area contributed by atoms with Crippen LogP contribution in [0, 0.1) is 11.3 Å². The monoisotopic (exact) mass is 552 g/mol. The maximum Gasteiger partial charge on any atom is 0.253 e. The van der Waals surface area contributed by atoms with E-state index in [1.54, 1.807) is 6.07 Å². The third-order valence-electron chi connectivity index (χ3n) is 6.32. The molecule has 0 saturated heterocycles. The highest BCUT2D eigenvalue weighted by atomic mass is 32.3. The molecule has 0 saturated carbocycles. The second-order valence-electron chi connectivity index (χ2n) is 9.57. The van der Waals surface area contributed by atoms with E-state index in [4.69, 9.17) is 9.68 Å². The molecule has 0 atom stereocenters. The van der Waals surface area contributed by atoms with Crippen LogP contribution in [0.3, 0.4) is 0 Å². The van der Waals surface area contributed by atoms with E-state index in [1.807, 2.05) is 4.13 Å². The number of ketones is 1. The Bertz CT molecular complexity index is 1240. The molecule has 0 spiro atoms. The smallest absolute Gasteiger partial charge is 0.253 e. The number of nitrogens with zero attached hydrogens (tertiary/aromatic N) is 1. The lowest BCUT2D eigenvalue weighted by molar-refractivity contribution is 0.0973. The molecule has 0 unspecified atom stereocenters. The molecule has 1 N–H and O–H groups in total. The van der Waals surface area contributed by atoms with Gasteiger partial charge in [-0.05, 0) is 30.7 Å². The van der Waals surface area contributed by atoms with Gasteiger partial charge in [-0.25, -0.2) is 16.8 Å². The van der Waals surface area contributed by atoms with E-state index >= 15 is 0 Å². The molecule has 0 aliphatic carbocycles. The van der Waals surface area contributed by atoms with Gasteiger partial charge in [-0.3, -0.25) is 4.79 Å². The second-order valence-corrected chi connectivity index (χ2v) is 13.4. The summed E-state index contributed by atoms with van der Waals surface area (Å²) in [7, 11) is -8.34. The molecular formula is C27H40N2O6S2. The summed E-state index contributed by atoms with van der Waals surface area (Å²) in [5.41, 5.74) is 0.269. The lowest BCUT2D eigenvalue weighted by Gasteiger charge is -2.08. The number of Topliss-reactive ketones (excluding diaryl/α,β-unsaturated/α-hetero) is 1. The van der Waals surface area contributed by atoms with E-state index in [9.17, 15) is 21.6 Å². The largest absolute Gasteiger partial charge is 0.453 e. The van der Waals surface area contributed by atoms with E-state index in [0.717, 1.165) is 25.7 Å². The van der Waals surface area contributed by atoms with Gasteiger partial charge in [0.2, 0.25) is 15.8 Å². The van der Waals surface area contributed by atoms with E-state index in [1.165, 1.54) is 82.1 Å².